The van der Waals surface area contributed by atoms with Crippen molar-refractivity contribution in [3.63, 3.8) is 0 Å². The molecule has 3 N–H and O–H groups in total. The van der Waals surface area contributed by atoms with E-state index in [4.69, 9.17) is 15.2 Å². The standard InChI is InChI=1S/C14H16FN3O3S.ClH/c1-20-11-5-8(15)9(6-12(11)21-2)18-14(19)10-7-22-13(17-10)3-4-16;/h5-7H,3-4,16H2,1-2H3,(H,18,19);1H. The predicted molar refractivity (Wildman–Crippen MR) is 89.6 cm³/mol. The first-order chi connectivity index (χ1) is 10.6. The molecule has 1 aromatic carbocycles. The van der Waals surface area contributed by atoms with E-state index in [1.807, 2.05) is 0 Å². The Morgan fingerprint density at radius 1 is 1.35 bits per heavy atom. The number of nitrogens with one attached hydrogen (secondary N) is 1. The number of hydrogen-bond acceptors (Lipinski definition) is 6. The zero-order valence-corrected chi connectivity index (χ0v) is 14.2. The van der Waals surface area contributed by atoms with Gasteiger partial charge >= 0.3 is 0 Å². The second-order valence-corrected chi connectivity index (χ2v) is 5.25. The van der Waals surface area contributed by atoms with Crippen LogP contribution in [0, 0.1) is 5.82 Å². The molecule has 126 valence electrons. The number of nitrogens with zero attached hydrogens (tertiary/aromatic N) is 1. The van der Waals surface area contributed by atoms with Gasteiger partial charge in [-0.05, 0) is 6.54 Å². The molecule has 0 saturated carbocycles. The third-order valence-corrected chi connectivity index (χ3v) is 3.77. The van der Waals surface area contributed by atoms with E-state index in [1.165, 1.54) is 31.6 Å². The molecule has 0 aliphatic carbocycles. The minimum absolute atomic E-state index is 0. The van der Waals surface area contributed by atoms with Crippen LogP contribution in [0.3, 0.4) is 0 Å². The van der Waals surface area contributed by atoms with E-state index < -0.39 is 11.7 Å². The fourth-order valence-electron chi connectivity index (χ4n) is 1.79. The minimum Gasteiger partial charge on any atom is -0.493 e. The summed E-state index contributed by atoms with van der Waals surface area (Å²) in [5.74, 6) is -0.549. The first-order valence-electron chi connectivity index (χ1n) is 6.46. The quantitative estimate of drug-likeness (QED) is 0.825. The van der Waals surface area contributed by atoms with Gasteiger partial charge in [-0.25, -0.2) is 9.37 Å². The van der Waals surface area contributed by atoms with E-state index in [2.05, 4.69) is 10.3 Å². The highest BCUT2D eigenvalue weighted by molar-refractivity contribution is 7.09. The number of benzene rings is 1. The number of methoxy groups -OCH3 is 2. The largest absolute Gasteiger partial charge is 0.493 e. The summed E-state index contributed by atoms with van der Waals surface area (Å²) < 4.78 is 24.0. The molecule has 0 bridgehead atoms. The fourth-order valence-corrected chi connectivity index (χ4v) is 2.58. The molecule has 0 radical (unpaired) electrons. The van der Waals surface area contributed by atoms with Crippen molar-refractivity contribution < 1.29 is 18.7 Å². The minimum atomic E-state index is -0.622. The molecule has 0 aliphatic rings. The van der Waals surface area contributed by atoms with Crippen molar-refractivity contribution in [3.05, 3.63) is 34.0 Å². The lowest BCUT2D eigenvalue weighted by Gasteiger charge is -2.11. The van der Waals surface area contributed by atoms with Crippen molar-refractivity contribution in [2.75, 3.05) is 26.1 Å². The maximum Gasteiger partial charge on any atom is 0.275 e. The molecule has 0 unspecified atom stereocenters. The van der Waals surface area contributed by atoms with Crippen molar-refractivity contribution in [3.8, 4) is 11.5 Å². The first-order valence-corrected chi connectivity index (χ1v) is 7.34. The maximum absolute atomic E-state index is 14.0. The maximum atomic E-state index is 14.0. The molecule has 1 aromatic heterocycles. The Balaban J connectivity index is 0.00000264. The van der Waals surface area contributed by atoms with Crippen LogP contribution in [0.5, 0.6) is 11.5 Å². The molecule has 0 aliphatic heterocycles. The highest BCUT2D eigenvalue weighted by atomic mass is 35.5. The van der Waals surface area contributed by atoms with Crippen molar-refractivity contribution >= 4 is 35.3 Å². The Kier molecular flexibility index (Phi) is 7.21. The second-order valence-electron chi connectivity index (χ2n) is 4.31. The number of nitrogens with two attached hydrogens (primary N) is 1. The van der Waals surface area contributed by atoms with Gasteiger partial charge in [0.25, 0.3) is 5.91 Å². The van der Waals surface area contributed by atoms with Crippen LogP contribution in [0.4, 0.5) is 10.1 Å². The number of carbonyl (C=O) groups is 1. The van der Waals surface area contributed by atoms with Gasteiger partial charge < -0.3 is 20.5 Å². The molecule has 1 heterocycles. The van der Waals surface area contributed by atoms with Crippen LogP contribution in [0.2, 0.25) is 0 Å². The van der Waals surface area contributed by atoms with E-state index in [1.54, 1.807) is 5.38 Å². The van der Waals surface area contributed by atoms with Crippen molar-refractivity contribution in [1.29, 1.82) is 0 Å². The molecule has 23 heavy (non-hydrogen) atoms. The average Bonchev–Trinajstić information content (AvgIpc) is 2.98. The lowest BCUT2D eigenvalue weighted by molar-refractivity contribution is 0.102. The number of halogens is 2. The predicted octanol–water partition coefficient (Wildman–Crippen LogP) is 2.47. The van der Waals surface area contributed by atoms with Gasteiger partial charge in [0.2, 0.25) is 0 Å². The summed E-state index contributed by atoms with van der Waals surface area (Å²) in [4.78, 5) is 16.3. The van der Waals surface area contributed by atoms with Gasteiger partial charge in [0.1, 0.15) is 5.69 Å². The molecule has 2 rings (SSSR count). The molecular formula is C14H17ClFN3O3S. The van der Waals surface area contributed by atoms with Gasteiger partial charge in [0, 0.05) is 23.9 Å². The fraction of sp³-hybridized carbons (Fsp3) is 0.286. The van der Waals surface area contributed by atoms with Crippen LogP contribution in [0.1, 0.15) is 15.5 Å². The number of aromatic nitrogens is 1. The van der Waals surface area contributed by atoms with Gasteiger partial charge in [-0.2, -0.15) is 0 Å². The first kappa shape index (κ1) is 19.1. The van der Waals surface area contributed by atoms with Crippen LogP contribution in [0.15, 0.2) is 17.5 Å². The Morgan fingerprint density at radius 3 is 2.61 bits per heavy atom. The number of anilines is 1. The summed E-state index contributed by atoms with van der Waals surface area (Å²) in [7, 11) is 2.84. The topological polar surface area (TPSA) is 86.5 Å². The van der Waals surface area contributed by atoms with Crippen molar-refractivity contribution in [1.82, 2.24) is 4.98 Å². The number of thiazole rings is 1. The van der Waals surface area contributed by atoms with Crippen LogP contribution in [-0.2, 0) is 6.42 Å². The molecule has 0 fully saturated rings. The highest BCUT2D eigenvalue weighted by Crippen LogP contribution is 2.32. The zero-order chi connectivity index (χ0) is 16.1. The molecule has 0 saturated heterocycles. The summed E-state index contributed by atoms with van der Waals surface area (Å²) in [5.41, 5.74) is 5.66. The van der Waals surface area contributed by atoms with Crippen LogP contribution in [-0.4, -0.2) is 31.7 Å². The second kappa shape index (κ2) is 8.66. The average molecular weight is 362 g/mol. The summed E-state index contributed by atoms with van der Waals surface area (Å²) in [6.45, 7) is 0.457. The third-order valence-electron chi connectivity index (χ3n) is 2.86. The van der Waals surface area contributed by atoms with Gasteiger partial charge in [-0.1, -0.05) is 0 Å². The summed E-state index contributed by atoms with van der Waals surface area (Å²) >= 11 is 1.34. The van der Waals surface area contributed by atoms with Gasteiger partial charge in [0.05, 0.1) is 24.9 Å². The third kappa shape index (κ3) is 4.54. The lowest BCUT2D eigenvalue weighted by atomic mass is 10.2. The van der Waals surface area contributed by atoms with Crippen molar-refractivity contribution in [2.24, 2.45) is 5.73 Å². The summed E-state index contributed by atoms with van der Waals surface area (Å²) in [6.07, 6.45) is 0.600. The molecule has 9 heteroatoms. The summed E-state index contributed by atoms with van der Waals surface area (Å²) in [6, 6.07) is 2.51. The normalized spacial score (nSPS) is 9.91. The molecule has 6 nitrogen and oxygen atoms in total. The Hall–Kier alpha value is -1.90. The van der Waals surface area contributed by atoms with Crippen molar-refractivity contribution in [2.45, 2.75) is 6.42 Å². The number of ether oxygens (including phenoxy) is 2. The van der Waals surface area contributed by atoms with E-state index in [0.29, 0.717) is 18.7 Å². The van der Waals surface area contributed by atoms with Gasteiger partial charge in [0.15, 0.2) is 17.3 Å². The molecule has 2 aromatic rings. The van der Waals surface area contributed by atoms with E-state index in [0.717, 1.165) is 11.1 Å². The lowest BCUT2D eigenvalue weighted by Crippen LogP contribution is -2.14. The Morgan fingerprint density at radius 2 is 2.00 bits per heavy atom. The van der Waals surface area contributed by atoms with Gasteiger partial charge in [-0.15, -0.1) is 23.7 Å². The molecular weight excluding hydrogens is 345 g/mol. The number of hydrogen-bond donors (Lipinski definition) is 2. The molecule has 1 amide bonds. The van der Waals surface area contributed by atoms with E-state index in [-0.39, 0.29) is 29.5 Å². The number of amides is 1. The van der Waals surface area contributed by atoms with E-state index in [9.17, 15) is 9.18 Å². The monoisotopic (exact) mass is 361 g/mol. The Bertz CT molecular complexity index is 681. The number of carbonyl (C=O) groups excluding carboxylic acids is 1. The van der Waals surface area contributed by atoms with Crippen LogP contribution >= 0.6 is 23.7 Å². The summed E-state index contributed by atoms with van der Waals surface area (Å²) in [5, 5.41) is 4.85. The zero-order valence-electron chi connectivity index (χ0n) is 12.6. The molecule has 0 spiro atoms. The van der Waals surface area contributed by atoms with E-state index >= 15 is 0 Å². The molecule has 0 atom stereocenters. The number of rotatable bonds is 6. The SMILES string of the molecule is COc1cc(F)c(NC(=O)c2csc(CCN)n2)cc1OC.Cl. The Labute approximate surface area is 143 Å². The van der Waals surface area contributed by atoms with Gasteiger partial charge in [-0.3, -0.25) is 4.79 Å². The van der Waals surface area contributed by atoms with Crippen LogP contribution in [0.25, 0.3) is 0 Å². The van der Waals surface area contributed by atoms with Crippen LogP contribution < -0.4 is 20.5 Å². The smallest absolute Gasteiger partial charge is 0.275 e. The highest BCUT2D eigenvalue weighted by Gasteiger charge is 2.16.